The summed E-state index contributed by atoms with van der Waals surface area (Å²) in [6.07, 6.45) is 1.49. The first-order valence-electron chi connectivity index (χ1n) is 9.55. The number of amides is 1. The molecular formula is C22H21Cl3N4OS. The number of hydrogen-bond acceptors (Lipinski definition) is 3. The fraction of sp³-hybridized carbons (Fsp3) is 0.227. The predicted octanol–water partition coefficient (Wildman–Crippen LogP) is 5.27. The maximum atomic E-state index is 12.5. The van der Waals surface area contributed by atoms with E-state index in [4.69, 9.17) is 47.0 Å². The van der Waals surface area contributed by atoms with Crippen LogP contribution in [0.5, 0.6) is 0 Å². The number of aryl methyl sites for hydroxylation is 2. The van der Waals surface area contributed by atoms with Gasteiger partial charge in [-0.25, -0.2) is 0 Å². The van der Waals surface area contributed by atoms with Gasteiger partial charge in [0.25, 0.3) is 0 Å². The molecule has 0 fully saturated rings. The van der Waals surface area contributed by atoms with Crippen molar-refractivity contribution in [2.75, 3.05) is 5.32 Å². The third-order valence-electron chi connectivity index (χ3n) is 4.55. The van der Waals surface area contributed by atoms with Crippen LogP contribution >= 0.6 is 47.0 Å². The predicted molar refractivity (Wildman–Crippen MR) is 133 cm³/mol. The van der Waals surface area contributed by atoms with Gasteiger partial charge in [-0.2, -0.15) is 0 Å². The summed E-state index contributed by atoms with van der Waals surface area (Å²) in [6.45, 7) is 2.01. The fourth-order valence-electron chi connectivity index (χ4n) is 2.94. The van der Waals surface area contributed by atoms with E-state index in [1.54, 1.807) is 6.20 Å². The number of halogens is 3. The number of carbonyl (C=O) groups excluding carboxylic acids is 1. The van der Waals surface area contributed by atoms with Crippen molar-refractivity contribution in [3.05, 3.63) is 71.9 Å². The van der Waals surface area contributed by atoms with Crippen molar-refractivity contribution in [1.29, 1.82) is 0 Å². The first-order valence-corrected chi connectivity index (χ1v) is 11.1. The minimum atomic E-state index is -1.82. The SMILES string of the molecule is Cc1ccc(CCC(=O)NC(NC(=S)Nc2cccc3cccnc23)C(Cl)(Cl)Cl)cc1. The average Bonchev–Trinajstić information content (AvgIpc) is 2.72. The smallest absolute Gasteiger partial charge is 0.228 e. The number of rotatable bonds is 6. The minimum absolute atomic E-state index is 0.188. The summed E-state index contributed by atoms with van der Waals surface area (Å²) >= 11 is 23.6. The van der Waals surface area contributed by atoms with Gasteiger partial charge in [0.05, 0.1) is 11.2 Å². The van der Waals surface area contributed by atoms with Gasteiger partial charge in [0.1, 0.15) is 6.17 Å². The Bertz CT molecular complexity index is 1070. The van der Waals surface area contributed by atoms with Gasteiger partial charge in [0.15, 0.2) is 5.11 Å². The van der Waals surface area contributed by atoms with Crippen molar-refractivity contribution in [3.8, 4) is 0 Å². The van der Waals surface area contributed by atoms with Gasteiger partial charge in [-0.3, -0.25) is 9.78 Å². The number of alkyl halides is 3. The van der Waals surface area contributed by atoms with Crippen LogP contribution in [0.15, 0.2) is 60.8 Å². The summed E-state index contributed by atoms with van der Waals surface area (Å²) in [5.41, 5.74) is 3.67. The number of benzene rings is 2. The van der Waals surface area contributed by atoms with E-state index in [0.717, 1.165) is 22.0 Å². The van der Waals surface area contributed by atoms with Crippen LogP contribution in [-0.4, -0.2) is 26.0 Å². The molecule has 3 N–H and O–H groups in total. The Labute approximate surface area is 201 Å². The van der Waals surface area contributed by atoms with Crippen LogP contribution in [-0.2, 0) is 11.2 Å². The molecule has 9 heteroatoms. The molecule has 1 heterocycles. The van der Waals surface area contributed by atoms with Crippen molar-refractivity contribution >= 4 is 74.6 Å². The number of pyridine rings is 1. The zero-order valence-corrected chi connectivity index (χ0v) is 19.7. The highest BCUT2D eigenvalue weighted by Crippen LogP contribution is 2.29. The first-order chi connectivity index (χ1) is 14.7. The Balaban J connectivity index is 1.62. The molecular weight excluding hydrogens is 475 g/mol. The molecule has 0 spiro atoms. The molecule has 0 bridgehead atoms. The van der Waals surface area contributed by atoms with Crippen molar-refractivity contribution < 1.29 is 4.79 Å². The van der Waals surface area contributed by atoms with Gasteiger partial charge in [0, 0.05) is 18.0 Å². The molecule has 1 unspecified atom stereocenters. The molecule has 5 nitrogen and oxygen atoms in total. The van der Waals surface area contributed by atoms with E-state index >= 15 is 0 Å². The van der Waals surface area contributed by atoms with Gasteiger partial charge >= 0.3 is 0 Å². The number of anilines is 1. The summed E-state index contributed by atoms with van der Waals surface area (Å²) in [4.78, 5) is 16.8. The van der Waals surface area contributed by atoms with Crippen LogP contribution < -0.4 is 16.0 Å². The molecule has 31 heavy (non-hydrogen) atoms. The van der Waals surface area contributed by atoms with Crippen molar-refractivity contribution in [1.82, 2.24) is 15.6 Å². The van der Waals surface area contributed by atoms with Crippen LogP contribution in [0.3, 0.4) is 0 Å². The number of para-hydroxylation sites is 1. The maximum Gasteiger partial charge on any atom is 0.228 e. The molecule has 1 atom stereocenters. The lowest BCUT2D eigenvalue weighted by Crippen LogP contribution is -2.56. The lowest BCUT2D eigenvalue weighted by Gasteiger charge is -2.28. The molecule has 162 valence electrons. The zero-order chi connectivity index (χ0) is 22.4. The summed E-state index contributed by atoms with van der Waals surface area (Å²) in [7, 11) is 0. The molecule has 0 aliphatic heterocycles. The molecule has 1 aromatic heterocycles. The number of hydrogen-bond donors (Lipinski definition) is 3. The van der Waals surface area contributed by atoms with E-state index in [0.29, 0.717) is 12.1 Å². The monoisotopic (exact) mass is 494 g/mol. The second kappa shape index (κ2) is 10.5. The molecule has 1 amide bonds. The topological polar surface area (TPSA) is 66.1 Å². The van der Waals surface area contributed by atoms with Crippen LogP contribution in [0.4, 0.5) is 5.69 Å². The Morgan fingerprint density at radius 1 is 1.06 bits per heavy atom. The molecule has 0 radical (unpaired) electrons. The van der Waals surface area contributed by atoms with Crippen LogP contribution in [0, 0.1) is 6.92 Å². The third kappa shape index (κ3) is 6.94. The highest BCUT2D eigenvalue weighted by Gasteiger charge is 2.34. The molecule has 3 aromatic rings. The van der Waals surface area contributed by atoms with Crippen LogP contribution in [0.1, 0.15) is 17.5 Å². The highest BCUT2D eigenvalue weighted by molar-refractivity contribution is 7.80. The maximum absolute atomic E-state index is 12.5. The standard InChI is InChI=1S/C22H21Cl3N4OS/c1-14-7-9-15(10-8-14)11-12-18(30)28-20(22(23,24)25)29-21(31)27-17-6-2-4-16-5-3-13-26-19(16)17/h2-10,13,20H,11-12H2,1H3,(H,28,30)(H2,27,29,31). The van der Waals surface area contributed by atoms with Crippen LogP contribution in [0.2, 0.25) is 0 Å². The second-order valence-corrected chi connectivity index (χ2v) is 9.78. The third-order valence-corrected chi connectivity index (χ3v) is 5.42. The molecule has 0 saturated carbocycles. The first kappa shape index (κ1) is 23.5. The van der Waals surface area contributed by atoms with E-state index in [1.807, 2.05) is 61.5 Å². The molecule has 0 aliphatic rings. The van der Waals surface area contributed by atoms with Gasteiger partial charge in [-0.05, 0) is 43.3 Å². The second-order valence-electron chi connectivity index (χ2n) is 7.01. The van der Waals surface area contributed by atoms with Crippen molar-refractivity contribution in [3.63, 3.8) is 0 Å². The fourth-order valence-corrected chi connectivity index (χ4v) is 3.50. The number of nitrogens with one attached hydrogen (secondary N) is 3. The molecule has 2 aromatic carbocycles. The summed E-state index contributed by atoms with van der Waals surface area (Å²) < 4.78 is -1.82. The average molecular weight is 496 g/mol. The molecule has 0 saturated heterocycles. The number of aromatic nitrogens is 1. The summed E-state index contributed by atoms with van der Waals surface area (Å²) in [5.74, 6) is -0.265. The van der Waals surface area contributed by atoms with Crippen molar-refractivity contribution in [2.45, 2.75) is 29.7 Å². The lowest BCUT2D eigenvalue weighted by atomic mass is 10.1. The molecule has 0 aliphatic carbocycles. The van der Waals surface area contributed by atoms with E-state index in [2.05, 4.69) is 20.9 Å². The zero-order valence-electron chi connectivity index (χ0n) is 16.7. The van der Waals surface area contributed by atoms with Gasteiger partial charge < -0.3 is 16.0 Å². The van der Waals surface area contributed by atoms with E-state index in [-0.39, 0.29) is 17.4 Å². The Hall–Kier alpha value is -2.12. The van der Waals surface area contributed by atoms with E-state index in [1.165, 1.54) is 0 Å². The molecule has 3 rings (SSSR count). The van der Waals surface area contributed by atoms with Gasteiger partial charge in [0.2, 0.25) is 9.70 Å². The Kier molecular flexibility index (Phi) is 7.94. The summed E-state index contributed by atoms with van der Waals surface area (Å²) in [6, 6.07) is 17.5. The lowest BCUT2D eigenvalue weighted by molar-refractivity contribution is -0.121. The largest absolute Gasteiger partial charge is 0.339 e. The van der Waals surface area contributed by atoms with Crippen LogP contribution in [0.25, 0.3) is 10.9 Å². The number of carbonyl (C=O) groups is 1. The number of nitrogens with zero attached hydrogens (tertiary/aromatic N) is 1. The highest BCUT2D eigenvalue weighted by atomic mass is 35.6. The van der Waals surface area contributed by atoms with Gasteiger partial charge in [-0.15, -0.1) is 0 Å². The normalized spacial score (nSPS) is 12.3. The Morgan fingerprint density at radius 2 is 1.77 bits per heavy atom. The quantitative estimate of drug-likeness (QED) is 0.247. The number of fused-ring (bicyclic) bond motifs is 1. The van der Waals surface area contributed by atoms with Gasteiger partial charge in [-0.1, -0.05) is 82.8 Å². The summed E-state index contributed by atoms with van der Waals surface area (Å²) in [5, 5.41) is 9.77. The Morgan fingerprint density at radius 3 is 2.48 bits per heavy atom. The minimum Gasteiger partial charge on any atom is -0.339 e. The van der Waals surface area contributed by atoms with E-state index < -0.39 is 9.96 Å². The van der Waals surface area contributed by atoms with Crippen molar-refractivity contribution in [2.24, 2.45) is 0 Å². The van der Waals surface area contributed by atoms with E-state index in [9.17, 15) is 4.79 Å². The number of thiocarbonyl (C=S) groups is 1.